The second kappa shape index (κ2) is 12.4. The van der Waals surface area contributed by atoms with Crippen molar-refractivity contribution in [2.24, 2.45) is 17.8 Å². The fourth-order valence-corrected chi connectivity index (χ4v) is 9.37. The molecule has 0 spiro atoms. The number of nitrogens with one attached hydrogen (secondary N) is 1. The molecule has 3 fully saturated rings. The van der Waals surface area contributed by atoms with Crippen molar-refractivity contribution >= 4 is 69.6 Å². The van der Waals surface area contributed by atoms with Gasteiger partial charge in [-0.05, 0) is 79.3 Å². The molecule has 2 saturated heterocycles. The van der Waals surface area contributed by atoms with E-state index in [0.29, 0.717) is 16.8 Å². The third kappa shape index (κ3) is 4.80. The van der Waals surface area contributed by atoms with Crippen LogP contribution in [0.2, 0.25) is 0 Å². The van der Waals surface area contributed by atoms with Gasteiger partial charge in [0.1, 0.15) is 11.4 Å². The molecule has 54 heavy (non-hydrogen) atoms. The number of halogens is 7. The van der Waals surface area contributed by atoms with Gasteiger partial charge in [0, 0.05) is 17.3 Å². The highest BCUT2D eigenvalue weighted by Crippen LogP contribution is 2.66. The summed E-state index contributed by atoms with van der Waals surface area (Å²) in [4.78, 5) is 52.7. The number of imide groups is 2. The fourth-order valence-electron chi connectivity index (χ4n) is 8.44. The van der Waals surface area contributed by atoms with E-state index in [4.69, 9.17) is 23.2 Å². The maximum Gasteiger partial charge on any atom is 0.258 e. The van der Waals surface area contributed by atoms with Crippen LogP contribution in [0.15, 0.2) is 84.4 Å². The number of carbonyl (C=O) groups is 4. The van der Waals surface area contributed by atoms with E-state index in [-0.39, 0.29) is 28.3 Å². The first kappa shape index (κ1) is 35.7. The maximum absolute atomic E-state index is 15.3. The molecule has 15 heteroatoms. The molecular weight excluding hydrogens is 756 g/mol. The number of phenols is 1. The largest absolute Gasteiger partial charge is 0.508 e. The number of para-hydroxylation sites is 1. The van der Waals surface area contributed by atoms with Crippen molar-refractivity contribution in [1.29, 1.82) is 0 Å². The Hall–Kier alpha value is -5.27. The van der Waals surface area contributed by atoms with E-state index in [2.05, 4.69) is 5.32 Å². The smallest absolute Gasteiger partial charge is 0.258 e. The van der Waals surface area contributed by atoms with Gasteiger partial charge in [-0.3, -0.25) is 24.1 Å². The number of aromatic hydroxyl groups is 1. The molecule has 4 aromatic carbocycles. The zero-order valence-corrected chi connectivity index (χ0v) is 29.4. The van der Waals surface area contributed by atoms with E-state index in [1.165, 1.54) is 25.1 Å². The standard InChI is InChI=1S/C39H26Cl2F5N3O5/c1-17-15-18(7-14-25(17)50)27-22-12-13-23-26(35(52)48(34(23)51)21-10-8-20(9-11-21)47-19-5-3-2-4-6-19)24(22)16-38(40)36(53)49(37(54)39(27,38)41)33-31(45)29(43)28(42)30(44)32(33)46/h2-12,14-15,23-24,26-27,47,50H,13,16H2,1H3/t23-,24+,26-,27-,38+,39-/m0/s1. The second-order valence-electron chi connectivity index (χ2n) is 13.8. The highest BCUT2D eigenvalue weighted by Gasteiger charge is 2.77. The molecule has 4 aliphatic rings. The highest BCUT2D eigenvalue weighted by atomic mass is 35.5. The Morgan fingerprint density at radius 2 is 1.35 bits per heavy atom. The Morgan fingerprint density at radius 3 is 1.98 bits per heavy atom. The van der Waals surface area contributed by atoms with Crippen LogP contribution in [0.3, 0.4) is 0 Å². The van der Waals surface area contributed by atoms with E-state index < -0.39 is 98.2 Å². The van der Waals surface area contributed by atoms with Crippen molar-refractivity contribution in [2.45, 2.75) is 35.4 Å². The SMILES string of the molecule is Cc1cc([C@H]2C3=CC[C@@H]4C(=O)N(c5ccc(Nc6ccccc6)cc5)C(=O)[C@@H]4[C@@H]3C[C@@]3(Cl)C(=O)N(c4c(F)c(F)c(F)c(F)c4F)C(=O)[C@@]23Cl)ccc1O. The molecule has 2 heterocycles. The van der Waals surface area contributed by atoms with Gasteiger partial charge in [-0.2, -0.15) is 0 Å². The predicted octanol–water partition coefficient (Wildman–Crippen LogP) is 7.91. The number of aryl methyl sites for hydroxylation is 1. The van der Waals surface area contributed by atoms with E-state index in [1.807, 2.05) is 30.3 Å². The molecule has 2 N–H and O–H groups in total. The summed E-state index contributed by atoms with van der Waals surface area (Å²) in [5.41, 5.74) is 0.681. The Morgan fingerprint density at radius 1 is 0.741 bits per heavy atom. The summed E-state index contributed by atoms with van der Waals surface area (Å²) in [5.74, 6) is -21.3. The number of hydrogen-bond donors (Lipinski definition) is 2. The lowest BCUT2D eigenvalue weighted by Gasteiger charge is -2.50. The van der Waals surface area contributed by atoms with Crippen molar-refractivity contribution in [3.8, 4) is 5.75 Å². The number of benzene rings is 4. The molecular formula is C39H26Cl2F5N3O5. The Labute approximate surface area is 313 Å². The predicted molar refractivity (Wildman–Crippen MR) is 188 cm³/mol. The number of carbonyl (C=O) groups excluding carboxylic acids is 4. The van der Waals surface area contributed by atoms with E-state index in [9.17, 15) is 37.5 Å². The minimum atomic E-state index is -2.66. The zero-order valence-electron chi connectivity index (χ0n) is 27.8. The number of alkyl halides is 2. The summed E-state index contributed by atoms with van der Waals surface area (Å²) in [7, 11) is 0. The molecule has 2 aliphatic heterocycles. The van der Waals surface area contributed by atoms with Crippen LogP contribution in [0.25, 0.3) is 0 Å². The van der Waals surface area contributed by atoms with Crippen LogP contribution in [0, 0.1) is 53.8 Å². The average molecular weight is 783 g/mol. The zero-order chi connectivity index (χ0) is 38.6. The van der Waals surface area contributed by atoms with Crippen molar-refractivity contribution in [2.75, 3.05) is 15.1 Å². The van der Waals surface area contributed by atoms with Gasteiger partial charge in [-0.25, -0.2) is 26.9 Å². The Kier molecular flexibility index (Phi) is 8.20. The minimum Gasteiger partial charge on any atom is -0.508 e. The number of phenolic OH excluding ortho intramolecular Hbond substituents is 1. The number of rotatable bonds is 5. The number of allylic oxidation sites excluding steroid dienone is 2. The molecule has 0 unspecified atom stereocenters. The first-order valence-electron chi connectivity index (χ1n) is 16.7. The fraction of sp³-hybridized carbons (Fsp3) is 0.231. The van der Waals surface area contributed by atoms with Crippen LogP contribution < -0.4 is 15.1 Å². The van der Waals surface area contributed by atoms with Gasteiger partial charge in [0.15, 0.2) is 33.0 Å². The van der Waals surface area contributed by atoms with E-state index in [0.717, 1.165) is 10.6 Å². The monoisotopic (exact) mass is 781 g/mol. The lowest BCUT2D eigenvalue weighted by molar-refractivity contribution is -0.125. The summed E-state index contributed by atoms with van der Waals surface area (Å²) in [6.07, 6.45) is 0.978. The van der Waals surface area contributed by atoms with Gasteiger partial charge in [0.2, 0.25) is 17.6 Å². The molecule has 0 aromatic heterocycles. The van der Waals surface area contributed by atoms with E-state index in [1.54, 1.807) is 30.3 Å². The van der Waals surface area contributed by atoms with Crippen molar-refractivity contribution < 1.29 is 46.2 Å². The van der Waals surface area contributed by atoms with Crippen molar-refractivity contribution in [1.82, 2.24) is 0 Å². The highest BCUT2D eigenvalue weighted by molar-refractivity contribution is 6.58. The Balaban J connectivity index is 1.23. The van der Waals surface area contributed by atoms with Gasteiger partial charge in [0.25, 0.3) is 11.8 Å². The number of hydrogen-bond acceptors (Lipinski definition) is 6. The molecule has 8 rings (SSSR count). The first-order valence-corrected chi connectivity index (χ1v) is 17.4. The van der Waals surface area contributed by atoms with Crippen LogP contribution in [-0.2, 0) is 19.2 Å². The van der Waals surface area contributed by atoms with E-state index >= 15 is 8.78 Å². The average Bonchev–Trinajstić information content (AvgIpc) is 3.50. The maximum atomic E-state index is 15.3. The summed E-state index contributed by atoms with van der Waals surface area (Å²) in [5, 5.41) is 13.5. The van der Waals surface area contributed by atoms with Crippen LogP contribution in [0.5, 0.6) is 5.75 Å². The number of anilines is 4. The topological polar surface area (TPSA) is 107 Å². The molecule has 2 aliphatic carbocycles. The second-order valence-corrected chi connectivity index (χ2v) is 15.0. The van der Waals surface area contributed by atoms with Crippen LogP contribution in [-0.4, -0.2) is 38.5 Å². The van der Waals surface area contributed by atoms with Gasteiger partial charge in [-0.1, -0.05) is 42.0 Å². The summed E-state index contributed by atoms with van der Waals surface area (Å²) in [6.45, 7) is 1.53. The van der Waals surface area contributed by atoms with Crippen LogP contribution in [0.4, 0.5) is 44.7 Å². The molecule has 6 atom stereocenters. The number of fused-ring (bicyclic) bond motifs is 4. The number of amides is 4. The normalized spacial score (nSPS) is 27.5. The molecule has 0 bridgehead atoms. The summed E-state index contributed by atoms with van der Waals surface area (Å²) < 4.78 is 73.6. The third-order valence-corrected chi connectivity index (χ3v) is 12.4. The molecule has 1 saturated carbocycles. The van der Waals surface area contributed by atoms with Gasteiger partial charge < -0.3 is 10.4 Å². The molecule has 4 aromatic rings. The minimum absolute atomic E-state index is 0.00939. The lowest BCUT2D eigenvalue weighted by atomic mass is 9.56. The Bertz CT molecular complexity index is 2330. The first-order chi connectivity index (χ1) is 25.6. The molecule has 8 nitrogen and oxygen atoms in total. The molecule has 4 amide bonds. The summed E-state index contributed by atoms with van der Waals surface area (Å²) >= 11 is 14.3. The third-order valence-electron chi connectivity index (χ3n) is 11.0. The summed E-state index contributed by atoms with van der Waals surface area (Å²) in [6, 6.07) is 19.9. The molecule has 0 radical (unpaired) electrons. The van der Waals surface area contributed by atoms with Gasteiger partial charge >= 0.3 is 0 Å². The number of nitrogens with zero attached hydrogens (tertiary/aromatic N) is 2. The molecule has 276 valence electrons. The van der Waals surface area contributed by atoms with Crippen molar-refractivity contribution in [3.05, 3.63) is 125 Å². The lowest BCUT2D eigenvalue weighted by Crippen LogP contribution is -2.60. The van der Waals surface area contributed by atoms with Crippen LogP contribution >= 0.6 is 23.2 Å². The van der Waals surface area contributed by atoms with Gasteiger partial charge in [-0.15, -0.1) is 23.2 Å². The van der Waals surface area contributed by atoms with Crippen LogP contribution in [0.1, 0.15) is 29.9 Å². The quantitative estimate of drug-likeness (QED) is 0.0533. The van der Waals surface area contributed by atoms with Crippen molar-refractivity contribution in [3.63, 3.8) is 0 Å². The van der Waals surface area contributed by atoms with Gasteiger partial charge in [0.05, 0.1) is 17.5 Å².